The first-order chi connectivity index (χ1) is 15.5. The topological polar surface area (TPSA) is 84.9 Å². The summed E-state index contributed by atoms with van der Waals surface area (Å²) in [5.41, 5.74) is 0.541. The minimum absolute atomic E-state index is 0.0406. The number of amides is 2. The first-order valence-electron chi connectivity index (χ1n) is 10.1. The van der Waals surface area contributed by atoms with Gasteiger partial charge < -0.3 is 19.7 Å². The van der Waals surface area contributed by atoms with Crippen molar-refractivity contribution >= 4 is 46.0 Å². The number of benzene rings is 3. The summed E-state index contributed by atoms with van der Waals surface area (Å²) in [6.45, 7) is -0.370. The number of carbonyl (C=O) groups excluding carboxylic acids is 3. The van der Waals surface area contributed by atoms with Gasteiger partial charge in [-0.2, -0.15) is 0 Å². The van der Waals surface area contributed by atoms with Crippen molar-refractivity contribution in [2.75, 3.05) is 30.9 Å². The molecule has 3 aromatic rings. The van der Waals surface area contributed by atoms with E-state index in [9.17, 15) is 14.4 Å². The van der Waals surface area contributed by atoms with Gasteiger partial charge in [0, 0.05) is 11.9 Å². The van der Waals surface area contributed by atoms with Crippen molar-refractivity contribution in [2.24, 2.45) is 0 Å². The second-order valence-electron chi connectivity index (χ2n) is 7.15. The van der Waals surface area contributed by atoms with Crippen LogP contribution in [0.5, 0.6) is 5.75 Å². The van der Waals surface area contributed by atoms with Gasteiger partial charge in [0.2, 0.25) is 0 Å². The average molecular weight is 451 g/mol. The number of fused-ring (bicyclic) bond motifs is 2. The van der Waals surface area contributed by atoms with Crippen LogP contribution in [0.25, 0.3) is 10.8 Å². The highest BCUT2D eigenvalue weighted by molar-refractivity contribution is 8.00. The van der Waals surface area contributed by atoms with Crippen molar-refractivity contribution in [3.05, 3.63) is 66.7 Å². The van der Waals surface area contributed by atoms with E-state index in [1.807, 2.05) is 42.5 Å². The molecule has 0 aliphatic carbocycles. The number of anilines is 1. The van der Waals surface area contributed by atoms with Crippen molar-refractivity contribution in [3.63, 3.8) is 0 Å². The number of rotatable bonds is 6. The van der Waals surface area contributed by atoms with Crippen LogP contribution in [-0.4, -0.2) is 49.8 Å². The van der Waals surface area contributed by atoms with Gasteiger partial charge in [-0.3, -0.25) is 14.4 Å². The fraction of sp³-hybridized carbons (Fsp3) is 0.208. The van der Waals surface area contributed by atoms with Crippen LogP contribution in [-0.2, 0) is 19.1 Å². The normalized spacial score (nSPS) is 14.9. The van der Waals surface area contributed by atoms with Crippen LogP contribution in [0.2, 0.25) is 0 Å². The van der Waals surface area contributed by atoms with Gasteiger partial charge in [0.05, 0.1) is 18.0 Å². The van der Waals surface area contributed by atoms with Crippen LogP contribution >= 0.6 is 11.8 Å². The summed E-state index contributed by atoms with van der Waals surface area (Å²) in [5, 5.41) is 4.75. The number of nitrogens with one attached hydrogen (secondary N) is 1. The minimum atomic E-state index is -0.835. The maximum absolute atomic E-state index is 12.8. The predicted octanol–water partition coefficient (Wildman–Crippen LogP) is 3.02. The van der Waals surface area contributed by atoms with Crippen LogP contribution in [0.4, 0.5) is 5.69 Å². The Hall–Kier alpha value is -3.52. The van der Waals surface area contributed by atoms with Gasteiger partial charge in [-0.15, -0.1) is 11.8 Å². The molecule has 1 aliphatic heterocycles. The van der Waals surface area contributed by atoms with E-state index in [1.54, 1.807) is 24.3 Å². The zero-order chi connectivity index (χ0) is 22.5. The van der Waals surface area contributed by atoms with Crippen molar-refractivity contribution in [2.45, 2.75) is 11.0 Å². The van der Waals surface area contributed by atoms with E-state index < -0.39 is 24.6 Å². The molecule has 1 unspecified atom stereocenters. The van der Waals surface area contributed by atoms with Crippen molar-refractivity contribution in [3.8, 4) is 5.75 Å². The molecule has 8 heteroatoms. The van der Waals surface area contributed by atoms with E-state index in [0.717, 1.165) is 15.7 Å². The van der Waals surface area contributed by atoms with Crippen molar-refractivity contribution in [1.29, 1.82) is 0 Å². The molecule has 7 nitrogen and oxygen atoms in total. The molecule has 0 fully saturated rings. The number of hydrogen-bond acceptors (Lipinski definition) is 6. The lowest BCUT2D eigenvalue weighted by atomic mass is 10.1. The summed E-state index contributed by atoms with van der Waals surface area (Å²) in [6.07, 6.45) is -0.835. The van der Waals surface area contributed by atoms with E-state index in [1.165, 1.54) is 23.7 Å². The van der Waals surface area contributed by atoms with E-state index in [-0.39, 0.29) is 18.2 Å². The van der Waals surface area contributed by atoms with Gasteiger partial charge >= 0.3 is 5.97 Å². The molecule has 1 aliphatic rings. The number of esters is 1. The largest absolute Gasteiger partial charge is 0.477 e. The molecule has 0 radical (unpaired) electrons. The lowest BCUT2D eigenvalue weighted by Gasteiger charge is -2.33. The molecule has 32 heavy (non-hydrogen) atoms. The zero-order valence-corrected chi connectivity index (χ0v) is 18.3. The summed E-state index contributed by atoms with van der Waals surface area (Å²) in [7, 11) is 1.51. The van der Waals surface area contributed by atoms with Gasteiger partial charge in [0.1, 0.15) is 5.75 Å². The molecular weight excluding hydrogens is 428 g/mol. The second-order valence-corrected chi connectivity index (χ2v) is 8.20. The highest BCUT2D eigenvalue weighted by Gasteiger charge is 2.33. The van der Waals surface area contributed by atoms with Gasteiger partial charge in [0.25, 0.3) is 11.8 Å². The van der Waals surface area contributed by atoms with Crippen molar-refractivity contribution < 1.29 is 23.9 Å². The number of hydrogen-bond donors (Lipinski definition) is 1. The molecule has 0 saturated heterocycles. The summed E-state index contributed by atoms with van der Waals surface area (Å²) in [5.74, 6) is -0.716. The Bertz CT molecular complexity index is 1170. The van der Waals surface area contributed by atoms with Crippen LogP contribution in [0.15, 0.2) is 71.6 Å². The second kappa shape index (κ2) is 9.74. The number of nitrogens with zero attached hydrogens (tertiary/aromatic N) is 1. The maximum Gasteiger partial charge on any atom is 0.316 e. The number of para-hydroxylation sites is 2. The highest BCUT2D eigenvalue weighted by Crippen LogP contribution is 2.33. The van der Waals surface area contributed by atoms with Crippen molar-refractivity contribution in [1.82, 2.24) is 5.32 Å². The van der Waals surface area contributed by atoms with Gasteiger partial charge in [-0.05, 0) is 35.0 Å². The third kappa shape index (κ3) is 4.86. The summed E-state index contributed by atoms with van der Waals surface area (Å²) >= 11 is 1.35. The fourth-order valence-corrected chi connectivity index (χ4v) is 4.17. The van der Waals surface area contributed by atoms with E-state index in [4.69, 9.17) is 9.47 Å². The zero-order valence-electron chi connectivity index (χ0n) is 17.4. The SMILES string of the molecule is CNC(=O)C1CN(C(=O)COC(=O)CSc2ccc3ccccc3c2)c2ccccc2O1. The minimum Gasteiger partial charge on any atom is -0.477 e. The average Bonchev–Trinajstić information content (AvgIpc) is 2.84. The summed E-state index contributed by atoms with van der Waals surface area (Å²) in [4.78, 5) is 39.4. The number of carbonyl (C=O) groups is 3. The smallest absolute Gasteiger partial charge is 0.316 e. The molecule has 0 spiro atoms. The van der Waals surface area contributed by atoms with E-state index in [2.05, 4.69) is 5.32 Å². The fourth-order valence-electron chi connectivity index (χ4n) is 3.43. The Morgan fingerprint density at radius 3 is 2.62 bits per heavy atom. The van der Waals surface area contributed by atoms with Crippen LogP contribution in [0.3, 0.4) is 0 Å². The lowest BCUT2D eigenvalue weighted by molar-refractivity contribution is -0.145. The first-order valence-corrected chi connectivity index (χ1v) is 11.1. The maximum atomic E-state index is 12.8. The molecule has 4 rings (SSSR count). The molecule has 0 bridgehead atoms. The Morgan fingerprint density at radius 1 is 1.06 bits per heavy atom. The third-order valence-electron chi connectivity index (χ3n) is 5.05. The van der Waals surface area contributed by atoms with Crippen LogP contribution in [0.1, 0.15) is 0 Å². The lowest BCUT2D eigenvalue weighted by Crippen LogP contribution is -2.51. The van der Waals surface area contributed by atoms with Gasteiger partial charge in [0.15, 0.2) is 12.7 Å². The van der Waals surface area contributed by atoms with Gasteiger partial charge in [-0.25, -0.2) is 0 Å². The Labute approximate surface area is 189 Å². The molecule has 2 amide bonds. The van der Waals surface area contributed by atoms with Crippen LogP contribution < -0.4 is 15.0 Å². The summed E-state index contributed by atoms with van der Waals surface area (Å²) in [6, 6.07) is 20.9. The first kappa shape index (κ1) is 21.7. The van der Waals surface area contributed by atoms with E-state index in [0.29, 0.717) is 11.4 Å². The molecule has 0 aromatic heterocycles. The molecular formula is C24H22N2O5S. The molecule has 3 aromatic carbocycles. The monoisotopic (exact) mass is 450 g/mol. The molecule has 1 atom stereocenters. The van der Waals surface area contributed by atoms with Crippen LogP contribution in [0, 0.1) is 0 Å². The van der Waals surface area contributed by atoms with E-state index >= 15 is 0 Å². The predicted molar refractivity (Wildman–Crippen MR) is 123 cm³/mol. The van der Waals surface area contributed by atoms with Gasteiger partial charge in [-0.1, -0.05) is 42.5 Å². The standard InChI is InChI=1S/C24H22N2O5S/c1-25-24(29)21-13-26(19-8-4-5-9-20(19)31-21)22(27)14-30-23(28)15-32-18-11-10-16-6-2-3-7-17(16)12-18/h2-12,21H,13-15H2,1H3,(H,25,29). The summed E-state index contributed by atoms with van der Waals surface area (Å²) < 4.78 is 10.9. The molecule has 0 saturated carbocycles. The number of ether oxygens (including phenoxy) is 2. The Balaban J connectivity index is 1.35. The number of likely N-dealkylation sites (N-methyl/N-ethyl adjacent to an activating group) is 1. The Kier molecular flexibility index (Phi) is 6.61. The molecule has 1 heterocycles. The quantitative estimate of drug-likeness (QED) is 0.459. The third-order valence-corrected chi connectivity index (χ3v) is 6.02. The molecule has 164 valence electrons. The highest BCUT2D eigenvalue weighted by atomic mass is 32.2. The Morgan fingerprint density at radius 2 is 1.81 bits per heavy atom. The number of thioether (sulfide) groups is 1. The molecule has 1 N–H and O–H groups in total.